The summed E-state index contributed by atoms with van der Waals surface area (Å²) in [5.41, 5.74) is 0. The lowest BCUT2D eigenvalue weighted by atomic mass is 9.99. The Morgan fingerprint density at radius 3 is 1.00 bits per heavy atom. The highest BCUT2D eigenvalue weighted by molar-refractivity contribution is 5.71. The monoisotopic (exact) mass is 807 g/mol. The van der Waals surface area contributed by atoms with Crippen molar-refractivity contribution < 1.29 is 28.6 Å². The molecule has 0 bridgehead atoms. The van der Waals surface area contributed by atoms with Gasteiger partial charge in [0.05, 0.1) is 0 Å². The fourth-order valence-electron chi connectivity index (χ4n) is 7.60. The lowest BCUT2D eigenvalue weighted by Gasteiger charge is -2.18. The first-order chi connectivity index (χ1) is 27.8. The summed E-state index contributed by atoms with van der Waals surface area (Å²) in [5.74, 6) is 0.812. The maximum absolute atomic E-state index is 12.8. The van der Waals surface area contributed by atoms with E-state index < -0.39 is 6.10 Å². The van der Waals surface area contributed by atoms with Gasteiger partial charge in [-0.05, 0) is 31.1 Å². The van der Waals surface area contributed by atoms with E-state index in [-0.39, 0.29) is 31.1 Å². The average molecular weight is 807 g/mol. The first-order valence-corrected chi connectivity index (χ1v) is 25.3. The second-order valence-corrected chi connectivity index (χ2v) is 18.2. The summed E-state index contributed by atoms with van der Waals surface area (Å²) in [6.45, 7) is 11.4. The average Bonchev–Trinajstić information content (AvgIpc) is 3.19. The summed E-state index contributed by atoms with van der Waals surface area (Å²) >= 11 is 0. The highest BCUT2D eigenvalue weighted by Crippen LogP contribution is 2.18. The van der Waals surface area contributed by atoms with Crippen molar-refractivity contribution in [1.82, 2.24) is 0 Å². The van der Waals surface area contributed by atoms with E-state index in [0.29, 0.717) is 19.3 Å². The lowest BCUT2D eigenvalue weighted by molar-refractivity contribution is -0.167. The molecule has 338 valence electrons. The topological polar surface area (TPSA) is 78.9 Å². The third-order valence-electron chi connectivity index (χ3n) is 11.8. The minimum Gasteiger partial charge on any atom is -0.462 e. The number of ether oxygens (including phenoxy) is 3. The van der Waals surface area contributed by atoms with Crippen LogP contribution in [-0.4, -0.2) is 37.2 Å². The van der Waals surface area contributed by atoms with Gasteiger partial charge in [0.25, 0.3) is 0 Å². The zero-order chi connectivity index (χ0) is 41.9. The minimum absolute atomic E-state index is 0.0642. The van der Waals surface area contributed by atoms with E-state index in [0.717, 1.165) is 69.6 Å². The number of hydrogen-bond donors (Lipinski definition) is 0. The van der Waals surface area contributed by atoms with Gasteiger partial charge in [-0.1, -0.05) is 240 Å². The highest BCUT2D eigenvalue weighted by Gasteiger charge is 2.19. The molecule has 0 amide bonds. The molecule has 0 aromatic heterocycles. The molecule has 57 heavy (non-hydrogen) atoms. The molecule has 0 aliphatic carbocycles. The molecule has 0 spiro atoms. The lowest BCUT2D eigenvalue weighted by Crippen LogP contribution is -2.30. The van der Waals surface area contributed by atoms with Crippen LogP contribution < -0.4 is 0 Å². The SMILES string of the molecule is CCCCCCCCCCCCCCCCC(=O)OC[C@H](COC(=O)CCCCCCCCCCC(C)C)OC(=O)CCCCCCCCCCCCC(C)CC. The summed E-state index contributed by atoms with van der Waals surface area (Å²) in [6.07, 6.45) is 43.7. The predicted octanol–water partition coefficient (Wildman–Crippen LogP) is 16.1. The Hall–Kier alpha value is -1.59. The van der Waals surface area contributed by atoms with Crippen molar-refractivity contribution in [1.29, 1.82) is 0 Å². The molecule has 6 heteroatoms. The van der Waals surface area contributed by atoms with Crippen LogP contribution in [0.25, 0.3) is 0 Å². The minimum atomic E-state index is -0.761. The van der Waals surface area contributed by atoms with Crippen LogP contribution in [0.3, 0.4) is 0 Å². The second-order valence-electron chi connectivity index (χ2n) is 18.2. The molecule has 0 aliphatic rings. The molecule has 0 rings (SSSR count). The van der Waals surface area contributed by atoms with Crippen molar-refractivity contribution in [3.05, 3.63) is 0 Å². The van der Waals surface area contributed by atoms with E-state index in [1.54, 1.807) is 0 Å². The molecule has 1 unspecified atom stereocenters. The third-order valence-corrected chi connectivity index (χ3v) is 11.8. The van der Waals surface area contributed by atoms with Gasteiger partial charge < -0.3 is 14.2 Å². The van der Waals surface area contributed by atoms with Gasteiger partial charge in [0.2, 0.25) is 0 Å². The van der Waals surface area contributed by atoms with Gasteiger partial charge in [0.1, 0.15) is 13.2 Å². The van der Waals surface area contributed by atoms with Gasteiger partial charge in [0.15, 0.2) is 6.10 Å². The Labute approximate surface area is 355 Å². The Morgan fingerprint density at radius 2 is 0.667 bits per heavy atom. The largest absolute Gasteiger partial charge is 0.462 e. The van der Waals surface area contributed by atoms with Crippen molar-refractivity contribution in [3.8, 4) is 0 Å². The standard InChI is InChI=1S/C51H98O6/c1-6-8-9-10-11-12-13-14-15-16-20-26-31-36-41-49(52)55-44-48(45-56-50(53)42-37-32-27-23-22-24-29-34-39-46(3)4)57-51(54)43-38-33-28-21-18-17-19-25-30-35-40-47(5)7-2/h46-48H,6-45H2,1-5H3/t47?,48-/m1/s1. The van der Waals surface area contributed by atoms with Gasteiger partial charge in [-0.15, -0.1) is 0 Å². The normalized spacial score (nSPS) is 12.5. The third kappa shape index (κ3) is 43.8. The molecular weight excluding hydrogens is 709 g/mol. The van der Waals surface area contributed by atoms with Gasteiger partial charge in [-0.2, -0.15) is 0 Å². The molecule has 0 fully saturated rings. The molecule has 0 N–H and O–H groups in total. The quantitative estimate of drug-likeness (QED) is 0.0346. The zero-order valence-corrected chi connectivity index (χ0v) is 39.0. The van der Waals surface area contributed by atoms with E-state index in [1.165, 1.54) is 167 Å². The van der Waals surface area contributed by atoms with Gasteiger partial charge in [-0.3, -0.25) is 14.4 Å². The molecule has 0 saturated heterocycles. The summed E-state index contributed by atoms with van der Waals surface area (Å²) in [6, 6.07) is 0. The Balaban J connectivity index is 4.33. The number of hydrogen-bond acceptors (Lipinski definition) is 6. The summed E-state index contributed by atoms with van der Waals surface area (Å²) in [7, 11) is 0. The number of unbranched alkanes of at least 4 members (excludes halogenated alkanes) is 29. The van der Waals surface area contributed by atoms with Crippen molar-refractivity contribution >= 4 is 17.9 Å². The summed E-state index contributed by atoms with van der Waals surface area (Å²) < 4.78 is 16.8. The molecule has 0 radical (unpaired) electrons. The number of carbonyl (C=O) groups excluding carboxylic acids is 3. The van der Waals surface area contributed by atoms with E-state index in [2.05, 4.69) is 34.6 Å². The molecule has 0 aromatic carbocycles. The van der Waals surface area contributed by atoms with Crippen LogP contribution in [0, 0.1) is 11.8 Å². The number of rotatable bonds is 45. The fourth-order valence-corrected chi connectivity index (χ4v) is 7.60. The van der Waals surface area contributed by atoms with Crippen LogP contribution in [0.2, 0.25) is 0 Å². The van der Waals surface area contributed by atoms with E-state index in [4.69, 9.17) is 14.2 Å². The Kier molecular flexibility index (Phi) is 42.7. The van der Waals surface area contributed by atoms with Crippen molar-refractivity contribution in [3.63, 3.8) is 0 Å². The summed E-state index contributed by atoms with van der Waals surface area (Å²) in [5, 5.41) is 0. The van der Waals surface area contributed by atoms with Crippen LogP contribution in [0.5, 0.6) is 0 Å². The van der Waals surface area contributed by atoms with Crippen LogP contribution in [0.4, 0.5) is 0 Å². The maximum atomic E-state index is 12.8. The molecular formula is C51H98O6. The van der Waals surface area contributed by atoms with E-state index in [9.17, 15) is 14.4 Å². The number of esters is 3. The molecule has 0 aliphatic heterocycles. The van der Waals surface area contributed by atoms with E-state index >= 15 is 0 Å². The first-order valence-electron chi connectivity index (χ1n) is 25.3. The summed E-state index contributed by atoms with van der Waals surface area (Å²) in [4.78, 5) is 37.9. The van der Waals surface area contributed by atoms with Crippen molar-refractivity contribution in [2.45, 2.75) is 285 Å². The van der Waals surface area contributed by atoms with Crippen LogP contribution in [0.1, 0.15) is 279 Å². The van der Waals surface area contributed by atoms with Crippen LogP contribution in [-0.2, 0) is 28.6 Å². The molecule has 2 atom stereocenters. The van der Waals surface area contributed by atoms with Crippen molar-refractivity contribution in [2.24, 2.45) is 11.8 Å². The molecule has 0 heterocycles. The molecule has 0 saturated carbocycles. The van der Waals surface area contributed by atoms with Gasteiger partial charge in [0, 0.05) is 19.3 Å². The van der Waals surface area contributed by atoms with Crippen LogP contribution in [0.15, 0.2) is 0 Å². The Bertz CT molecular complexity index is 872. The maximum Gasteiger partial charge on any atom is 0.306 e. The zero-order valence-electron chi connectivity index (χ0n) is 39.0. The first kappa shape index (κ1) is 55.4. The molecule has 0 aromatic rings. The molecule has 6 nitrogen and oxygen atoms in total. The smallest absolute Gasteiger partial charge is 0.306 e. The number of carbonyl (C=O) groups is 3. The highest BCUT2D eigenvalue weighted by atomic mass is 16.6. The predicted molar refractivity (Wildman–Crippen MR) is 243 cm³/mol. The second kappa shape index (κ2) is 44.0. The van der Waals surface area contributed by atoms with E-state index in [1.807, 2.05) is 0 Å². The van der Waals surface area contributed by atoms with Gasteiger partial charge in [-0.25, -0.2) is 0 Å². The van der Waals surface area contributed by atoms with Gasteiger partial charge >= 0.3 is 17.9 Å². The van der Waals surface area contributed by atoms with Crippen LogP contribution >= 0.6 is 0 Å². The van der Waals surface area contributed by atoms with Crippen molar-refractivity contribution in [2.75, 3.05) is 13.2 Å². The fraction of sp³-hybridized carbons (Fsp3) is 0.941. The Morgan fingerprint density at radius 1 is 0.368 bits per heavy atom.